The van der Waals surface area contributed by atoms with Crippen molar-refractivity contribution in [3.63, 3.8) is 0 Å². The van der Waals surface area contributed by atoms with Gasteiger partial charge in [0.05, 0.1) is 12.2 Å². The standard InChI is InChI=1S/C6H12FNO/c1-4(7)3-6(8)5(2)9/h4,6H,3,8H2,1-2H3. The van der Waals surface area contributed by atoms with Crippen LogP contribution >= 0.6 is 0 Å². The van der Waals surface area contributed by atoms with E-state index in [1.54, 1.807) is 0 Å². The maximum Gasteiger partial charge on any atom is 0.146 e. The SMILES string of the molecule is CC(=O)C(N)CC(C)F. The van der Waals surface area contributed by atoms with Crippen molar-refractivity contribution in [1.29, 1.82) is 0 Å². The largest absolute Gasteiger partial charge is 0.321 e. The first-order valence-corrected chi connectivity index (χ1v) is 2.94. The van der Waals surface area contributed by atoms with E-state index in [0.717, 1.165) is 0 Å². The zero-order chi connectivity index (χ0) is 7.44. The lowest BCUT2D eigenvalue weighted by atomic mass is 10.1. The molecule has 0 aliphatic carbocycles. The molecule has 2 unspecified atom stereocenters. The molecular weight excluding hydrogens is 121 g/mol. The smallest absolute Gasteiger partial charge is 0.146 e. The number of nitrogens with two attached hydrogens (primary N) is 1. The monoisotopic (exact) mass is 133 g/mol. The van der Waals surface area contributed by atoms with Crippen LogP contribution in [0.15, 0.2) is 0 Å². The predicted octanol–water partition coefficient (Wildman–Crippen LogP) is 0.651. The van der Waals surface area contributed by atoms with Crippen molar-refractivity contribution in [2.45, 2.75) is 32.5 Å². The fourth-order valence-corrected chi connectivity index (χ4v) is 0.516. The van der Waals surface area contributed by atoms with Gasteiger partial charge in [-0.1, -0.05) is 0 Å². The average Bonchev–Trinajstić information content (AvgIpc) is 1.63. The zero-order valence-electron chi connectivity index (χ0n) is 5.73. The van der Waals surface area contributed by atoms with Crippen LogP contribution in [0.5, 0.6) is 0 Å². The maximum absolute atomic E-state index is 12.1. The Balaban J connectivity index is 3.50. The topological polar surface area (TPSA) is 43.1 Å². The van der Waals surface area contributed by atoms with Gasteiger partial charge in [0.15, 0.2) is 0 Å². The summed E-state index contributed by atoms with van der Waals surface area (Å²) < 4.78 is 12.1. The third-order valence-electron chi connectivity index (χ3n) is 1.10. The van der Waals surface area contributed by atoms with E-state index in [1.165, 1.54) is 13.8 Å². The third-order valence-corrected chi connectivity index (χ3v) is 1.10. The molecule has 0 heterocycles. The van der Waals surface area contributed by atoms with E-state index in [-0.39, 0.29) is 12.2 Å². The molecule has 0 spiro atoms. The Bertz CT molecular complexity index is 103. The number of Topliss-reactive ketones (excluding diaryl/α,β-unsaturated/α-hetero) is 1. The van der Waals surface area contributed by atoms with Crippen molar-refractivity contribution < 1.29 is 9.18 Å². The molecule has 0 radical (unpaired) electrons. The van der Waals surface area contributed by atoms with Crippen LogP contribution in [0.1, 0.15) is 20.3 Å². The number of carbonyl (C=O) groups is 1. The normalized spacial score (nSPS) is 16.9. The lowest BCUT2D eigenvalue weighted by Gasteiger charge is -2.06. The highest BCUT2D eigenvalue weighted by Gasteiger charge is 2.11. The minimum absolute atomic E-state index is 0.134. The second-order valence-corrected chi connectivity index (χ2v) is 2.23. The van der Waals surface area contributed by atoms with E-state index in [0.29, 0.717) is 0 Å². The Kier molecular flexibility index (Phi) is 3.39. The molecule has 0 amide bonds. The number of hydrogen-bond acceptors (Lipinski definition) is 2. The van der Waals surface area contributed by atoms with Crippen LogP contribution in [0.3, 0.4) is 0 Å². The molecule has 0 aromatic rings. The lowest BCUT2D eigenvalue weighted by Crippen LogP contribution is -2.30. The van der Waals surface area contributed by atoms with Crippen molar-refractivity contribution in [1.82, 2.24) is 0 Å². The molecule has 9 heavy (non-hydrogen) atoms. The number of hydrogen-bond donors (Lipinski definition) is 1. The van der Waals surface area contributed by atoms with E-state index in [9.17, 15) is 9.18 Å². The second-order valence-electron chi connectivity index (χ2n) is 2.23. The van der Waals surface area contributed by atoms with E-state index in [1.807, 2.05) is 0 Å². The first kappa shape index (κ1) is 8.56. The van der Waals surface area contributed by atoms with E-state index < -0.39 is 12.2 Å². The minimum atomic E-state index is -0.983. The van der Waals surface area contributed by atoms with Gasteiger partial charge in [-0.3, -0.25) is 4.79 Å². The first-order valence-electron chi connectivity index (χ1n) is 2.94. The van der Waals surface area contributed by atoms with Gasteiger partial charge in [0, 0.05) is 6.42 Å². The molecule has 0 bridgehead atoms. The van der Waals surface area contributed by atoms with Gasteiger partial charge in [-0.2, -0.15) is 0 Å². The van der Waals surface area contributed by atoms with Gasteiger partial charge in [0.1, 0.15) is 5.78 Å². The molecule has 0 saturated heterocycles. The molecule has 2 nitrogen and oxygen atoms in total. The Hall–Kier alpha value is -0.440. The summed E-state index contributed by atoms with van der Waals surface area (Å²) in [6.45, 7) is 2.76. The van der Waals surface area contributed by atoms with Gasteiger partial charge >= 0.3 is 0 Å². The lowest BCUT2D eigenvalue weighted by molar-refractivity contribution is -0.118. The van der Waals surface area contributed by atoms with Crippen LogP contribution in [-0.4, -0.2) is 18.0 Å². The van der Waals surface area contributed by atoms with Crippen molar-refractivity contribution in [2.75, 3.05) is 0 Å². The molecule has 2 N–H and O–H groups in total. The van der Waals surface area contributed by atoms with Crippen molar-refractivity contribution in [3.8, 4) is 0 Å². The third kappa shape index (κ3) is 4.09. The van der Waals surface area contributed by atoms with Crippen molar-refractivity contribution in [2.24, 2.45) is 5.73 Å². The first-order chi connectivity index (χ1) is 4.04. The van der Waals surface area contributed by atoms with Crippen LogP contribution in [0.4, 0.5) is 4.39 Å². The summed E-state index contributed by atoms with van der Waals surface area (Å²) >= 11 is 0. The van der Waals surface area contributed by atoms with Crippen LogP contribution < -0.4 is 5.73 Å². The summed E-state index contributed by atoms with van der Waals surface area (Å²) in [7, 11) is 0. The molecule has 54 valence electrons. The van der Waals surface area contributed by atoms with Crippen LogP contribution in [0, 0.1) is 0 Å². The molecule has 0 aromatic heterocycles. The quantitative estimate of drug-likeness (QED) is 0.614. The van der Waals surface area contributed by atoms with Crippen molar-refractivity contribution >= 4 is 5.78 Å². The Labute approximate surface area is 54.2 Å². The number of halogens is 1. The van der Waals surface area contributed by atoms with Gasteiger partial charge in [0.2, 0.25) is 0 Å². The van der Waals surface area contributed by atoms with E-state index >= 15 is 0 Å². The molecule has 0 aliphatic rings. The van der Waals surface area contributed by atoms with Crippen LogP contribution in [0.25, 0.3) is 0 Å². The molecule has 2 atom stereocenters. The fraction of sp³-hybridized carbons (Fsp3) is 0.833. The van der Waals surface area contributed by atoms with Gasteiger partial charge in [-0.15, -0.1) is 0 Å². The molecule has 0 aliphatic heterocycles. The molecule has 0 fully saturated rings. The maximum atomic E-state index is 12.1. The van der Waals surface area contributed by atoms with Gasteiger partial charge in [0.25, 0.3) is 0 Å². The molecule has 0 aromatic carbocycles. The Morgan fingerprint density at radius 3 is 2.33 bits per heavy atom. The van der Waals surface area contributed by atoms with Crippen molar-refractivity contribution in [3.05, 3.63) is 0 Å². The zero-order valence-corrected chi connectivity index (χ0v) is 5.73. The second kappa shape index (κ2) is 3.56. The van der Waals surface area contributed by atoms with E-state index in [4.69, 9.17) is 5.73 Å². The number of ketones is 1. The van der Waals surface area contributed by atoms with Crippen LogP contribution in [-0.2, 0) is 4.79 Å². The molecule has 0 saturated carbocycles. The summed E-state index contributed by atoms with van der Waals surface area (Å²) in [6.07, 6.45) is -0.848. The minimum Gasteiger partial charge on any atom is -0.321 e. The van der Waals surface area contributed by atoms with E-state index in [2.05, 4.69) is 0 Å². The van der Waals surface area contributed by atoms with Gasteiger partial charge in [-0.25, -0.2) is 4.39 Å². The summed E-state index contributed by atoms with van der Waals surface area (Å²) in [4.78, 5) is 10.4. The number of alkyl halides is 1. The molecule has 0 rings (SSSR count). The predicted molar refractivity (Wildman–Crippen MR) is 33.8 cm³/mol. The Morgan fingerprint density at radius 1 is 1.78 bits per heavy atom. The summed E-state index contributed by atoms with van der Waals surface area (Å²) in [5, 5.41) is 0. The van der Waals surface area contributed by atoms with Crippen LogP contribution in [0.2, 0.25) is 0 Å². The highest BCUT2D eigenvalue weighted by Crippen LogP contribution is 1.99. The fourth-order valence-electron chi connectivity index (χ4n) is 0.516. The molecular formula is C6H12FNO. The Morgan fingerprint density at radius 2 is 2.22 bits per heavy atom. The summed E-state index contributed by atoms with van der Waals surface area (Å²) in [5.74, 6) is -0.153. The number of rotatable bonds is 3. The summed E-state index contributed by atoms with van der Waals surface area (Å²) in [6, 6.07) is -0.620. The average molecular weight is 133 g/mol. The van der Waals surface area contributed by atoms with Gasteiger partial charge in [-0.05, 0) is 13.8 Å². The van der Waals surface area contributed by atoms with Gasteiger partial charge < -0.3 is 5.73 Å². The highest BCUT2D eigenvalue weighted by molar-refractivity contribution is 5.81. The number of carbonyl (C=O) groups excluding carboxylic acids is 1. The highest BCUT2D eigenvalue weighted by atomic mass is 19.1. The summed E-state index contributed by atoms with van der Waals surface area (Å²) in [5.41, 5.74) is 5.23. The molecule has 3 heteroatoms.